The van der Waals surface area contributed by atoms with Gasteiger partial charge in [0.2, 0.25) is 21.8 Å². The van der Waals surface area contributed by atoms with Crippen molar-refractivity contribution in [3.63, 3.8) is 0 Å². The lowest BCUT2D eigenvalue weighted by Gasteiger charge is -2.06. The molecule has 0 aliphatic heterocycles. The molecular formula is C7H12N6O4S. The second kappa shape index (κ2) is 5.55. The topological polar surface area (TPSA) is 153 Å². The Morgan fingerprint density at radius 1 is 1.56 bits per heavy atom. The van der Waals surface area contributed by atoms with Crippen molar-refractivity contribution in [2.45, 2.75) is 0 Å². The van der Waals surface area contributed by atoms with Crippen LogP contribution in [0.2, 0.25) is 0 Å². The molecule has 1 heterocycles. The third kappa shape index (κ3) is 4.10. The van der Waals surface area contributed by atoms with Crippen molar-refractivity contribution in [3.8, 4) is 0 Å². The van der Waals surface area contributed by atoms with E-state index in [1.807, 2.05) is 0 Å². The summed E-state index contributed by atoms with van der Waals surface area (Å²) >= 11 is 0. The molecular weight excluding hydrogens is 264 g/mol. The maximum absolute atomic E-state index is 10.7. The van der Waals surface area contributed by atoms with Gasteiger partial charge in [-0.05, 0) is 0 Å². The number of anilines is 2. The van der Waals surface area contributed by atoms with Gasteiger partial charge in [0.25, 0.3) is 0 Å². The van der Waals surface area contributed by atoms with Gasteiger partial charge in [-0.15, -0.1) is 0 Å². The van der Waals surface area contributed by atoms with E-state index in [0.29, 0.717) is 0 Å². The molecule has 0 saturated carbocycles. The van der Waals surface area contributed by atoms with Crippen LogP contribution in [0.5, 0.6) is 0 Å². The van der Waals surface area contributed by atoms with E-state index in [0.717, 1.165) is 6.20 Å². The van der Waals surface area contributed by atoms with E-state index in [2.05, 4.69) is 20.6 Å². The van der Waals surface area contributed by atoms with E-state index in [-0.39, 0.29) is 29.8 Å². The van der Waals surface area contributed by atoms with Crippen LogP contribution in [-0.2, 0) is 10.0 Å². The number of hydrogen-bond acceptors (Lipinski definition) is 8. The van der Waals surface area contributed by atoms with Crippen LogP contribution in [0.25, 0.3) is 0 Å². The summed E-state index contributed by atoms with van der Waals surface area (Å²) in [6.45, 7) is -0.0835. The molecule has 100 valence electrons. The standard InChI is InChI=1S/C7H12N6O4S/c1-9-7-11-4-5(13(14)15)6(12-7)10-2-3-18(8,16)17/h4H,2-3H2,1H3,(H2,8,16,17)(H2,9,10,11,12). The number of nitrogens with two attached hydrogens (primary N) is 1. The number of nitrogens with one attached hydrogen (secondary N) is 2. The molecule has 1 aromatic heterocycles. The van der Waals surface area contributed by atoms with Crippen molar-refractivity contribution in [3.05, 3.63) is 16.3 Å². The van der Waals surface area contributed by atoms with Crippen molar-refractivity contribution in [1.82, 2.24) is 9.97 Å². The number of rotatable bonds is 6. The Balaban J connectivity index is 2.87. The fraction of sp³-hybridized carbons (Fsp3) is 0.429. The molecule has 0 spiro atoms. The predicted octanol–water partition coefficient (Wildman–Crippen LogP) is -0.873. The smallest absolute Gasteiger partial charge is 0.329 e. The number of sulfonamides is 1. The van der Waals surface area contributed by atoms with E-state index < -0.39 is 14.9 Å². The van der Waals surface area contributed by atoms with E-state index >= 15 is 0 Å². The summed E-state index contributed by atoms with van der Waals surface area (Å²) in [5, 5.41) is 20.7. The summed E-state index contributed by atoms with van der Waals surface area (Å²) in [7, 11) is -2.08. The largest absolute Gasteiger partial charge is 0.363 e. The molecule has 1 rings (SSSR count). The zero-order chi connectivity index (χ0) is 13.8. The van der Waals surface area contributed by atoms with Crippen molar-refractivity contribution in [2.24, 2.45) is 5.14 Å². The lowest BCUT2D eigenvalue weighted by atomic mass is 10.4. The van der Waals surface area contributed by atoms with Crippen molar-refractivity contribution in [1.29, 1.82) is 0 Å². The van der Waals surface area contributed by atoms with Crippen LogP contribution in [0.4, 0.5) is 17.5 Å². The summed E-state index contributed by atoms with van der Waals surface area (Å²) in [6, 6.07) is 0. The predicted molar refractivity (Wildman–Crippen MR) is 64.7 cm³/mol. The molecule has 1 aromatic rings. The average molecular weight is 276 g/mol. The van der Waals surface area contributed by atoms with Gasteiger partial charge >= 0.3 is 5.69 Å². The van der Waals surface area contributed by atoms with Gasteiger partial charge < -0.3 is 10.6 Å². The van der Waals surface area contributed by atoms with E-state index in [1.165, 1.54) is 0 Å². The van der Waals surface area contributed by atoms with Crippen LogP contribution >= 0.6 is 0 Å². The van der Waals surface area contributed by atoms with Crippen LogP contribution in [0, 0.1) is 10.1 Å². The third-order valence-corrected chi connectivity index (χ3v) is 2.64. The summed E-state index contributed by atoms with van der Waals surface area (Å²) in [5.74, 6) is -0.245. The Hall–Kier alpha value is -2.01. The minimum Gasteiger partial charge on any atom is -0.363 e. The SMILES string of the molecule is CNc1ncc([N+](=O)[O-])c(NCCS(N)(=O)=O)n1. The summed E-state index contributed by atoms with van der Waals surface area (Å²) in [4.78, 5) is 17.5. The quantitative estimate of drug-likeness (QED) is 0.447. The maximum Gasteiger partial charge on any atom is 0.329 e. The fourth-order valence-corrected chi connectivity index (χ4v) is 1.46. The van der Waals surface area contributed by atoms with Crippen LogP contribution in [0.15, 0.2) is 6.20 Å². The maximum atomic E-state index is 10.7. The van der Waals surface area contributed by atoms with Crippen molar-refractivity contribution < 1.29 is 13.3 Å². The molecule has 0 aromatic carbocycles. The van der Waals surface area contributed by atoms with E-state index in [1.54, 1.807) is 7.05 Å². The van der Waals surface area contributed by atoms with Gasteiger partial charge in [0.05, 0.1) is 10.7 Å². The van der Waals surface area contributed by atoms with E-state index in [4.69, 9.17) is 5.14 Å². The van der Waals surface area contributed by atoms with Gasteiger partial charge in [-0.3, -0.25) is 10.1 Å². The number of nitrogens with zero attached hydrogens (tertiary/aromatic N) is 3. The zero-order valence-electron chi connectivity index (χ0n) is 9.45. The number of hydrogen-bond donors (Lipinski definition) is 3. The minimum atomic E-state index is -3.63. The first-order valence-corrected chi connectivity index (χ1v) is 6.48. The number of aromatic nitrogens is 2. The first-order chi connectivity index (χ1) is 8.33. The highest BCUT2D eigenvalue weighted by atomic mass is 32.2. The number of primary sulfonamides is 1. The highest BCUT2D eigenvalue weighted by Crippen LogP contribution is 2.21. The third-order valence-electron chi connectivity index (χ3n) is 1.87. The molecule has 0 fully saturated rings. The van der Waals surface area contributed by atoms with Crippen LogP contribution in [0.1, 0.15) is 0 Å². The molecule has 0 aliphatic rings. The Morgan fingerprint density at radius 2 is 2.22 bits per heavy atom. The van der Waals surface area contributed by atoms with Gasteiger partial charge in [-0.1, -0.05) is 0 Å². The molecule has 0 aliphatic carbocycles. The Kier molecular flexibility index (Phi) is 4.33. The summed E-state index contributed by atoms with van der Waals surface area (Å²) in [5.41, 5.74) is -0.344. The van der Waals surface area contributed by atoms with Gasteiger partial charge in [0.1, 0.15) is 6.20 Å². The Bertz CT molecular complexity index is 545. The Labute approximate surface area is 103 Å². The van der Waals surface area contributed by atoms with Crippen LogP contribution in [-0.4, -0.2) is 42.7 Å². The molecule has 0 bridgehead atoms. The highest BCUT2D eigenvalue weighted by molar-refractivity contribution is 7.89. The van der Waals surface area contributed by atoms with Gasteiger partial charge in [0.15, 0.2) is 0 Å². The van der Waals surface area contributed by atoms with Gasteiger partial charge in [-0.2, -0.15) is 4.98 Å². The molecule has 10 nitrogen and oxygen atoms in total. The first-order valence-electron chi connectivity index (χ1n) is 4.77. The molecule has 0 radical (unpaired) electrons. The zero-order valence-corrected chi connectivity index (χ0v) is 10.3. The lowest BCUT2D eigenvalue weighted by molar-refractivity contribution is -0.384. The van der Waals surface area contributed by atoms with Crippen molar-refractivity contribution in [2.75, 3.05) is 30.0 Å². The van der Waals surface area contributed by atoms with Crippen LogP contribution in [0.3, 0.4) is 0 Å². The monoisotopic (exact) mass is 276 g/mol. The first kappa shape index (κ1) is 14.1. The molecule has 0 amide bonds. The second-order valence-electron chi connectivity index (χ2n) is 3.23. The van der Waals surface area contributed by atoms with E-state index in [9.17, 15) is 18.5 Å². The molecule has 11 heteroatoms. The fourth-order valence-electron chi connectivity index (χ4n) is 1.07. The average Bonchev–Trinajstić information content (AvgIpc) is 2.26. The van der Waals surface area contributed by atoms with Crippen molar-refractivity contribution >= 4 is 27.5 Å². The second-order valence-corrected chi connectivity index (χ2v) is 4.96. The molecule has 0 atom stereocenters. The lowest BCUT2D eigenvalue weighted by Crippen LogP contribution is -2.23. The Morgan fingerprint density at radius 3 is 2.72 bits per heavy atom. The molecule has 4 N–H and O–H groups in total. The normalized spacial score (nSPS) is 11.0. The molecule has 18 heavy (non-hydrogen) atoms. The highest BCUT2D eigenvalue weighted by Gasteiger charge is 2.17. The van der Waals surface area contributed by atoms with Crippen LogP contribution < -0.4 is 15.8 Å². The number of nitro groups is 1. The summed E-state index contributed by atoms with van der Waals surface area (Å²) < 4.78 is 21.4. The molecule has 0 saturated heterocycles. The molecule has 0 unspecified atom stereocenters. The minimum absolute atomic E-state index is 0.0667. The summed E-state index contributed by atoms with van der Waals surface area (Å²) in [6.07, 6.45) is 1.03. The van der Waals surface area contributed by atoms with Gasteiger partial charge in [0, 0.05) is 13.6 Å². The van der Waals surface area contributed by atoms with Gasteiger partial charge in [-0.25, -0.2) is 18.5 Å².